The van der Waals surface area contributed by atoms with Crippen molar-refractivity contribution in [2.24, 2.45) is 17.3 Å². The van der Waals surface area contributed by atoms with Gasteiger partial charge in [0, 0.05) is 11.1 Å². The first kappa shape index (κ1) is 18.2. The molecular weight excluding hydrogens is 328 g/mol. The molecule has 0 bridgehead atoms. The molecule has 3 atom stereocenters. The molecule has 136 valence electrons. The van der Waals surface area contributed by atoms with E-state index in [1.54, 1.807) is 6.07 Å². The number of halogens is 4. The van der Waals surface area contributed by atoms with E-state index in [9.17, 15) is 17.6 Å². The van der Waals surface area contributed by atoms with Crippen molar-refractivity contribution < 1.29 is 17.6 Å². The summed E-state index contributed by atoms with van der Waals surface area (Å²) in [4.78, 5) is 0. The van der Waals surface area contributed by atoms with E-state index in [0.29, 0.717) is 5.56 Å². The summed E-state index contributed by atoms with van der Waals surface area (Å²) in [6.07, 6.45) is -0.432. The molecule has 0 amide bonds. The fraction of sp³-hybridized carbons (Fsp3) is 0.524. The Hall–Kier alpha value is -1.58. The van der Waals surface area contributed by atoms with E-state index in [2.05, 4.69) is 0 Å². The summed E-state index contributed by atoms with van der Waals surface area (Å²) >= 11 is 0. The predicted molar refractivity (Wildman–Crippen MR) is 92.5 cm³/mol. The van der Waals surface area contributed by atoms with Crippen LogP contribution in [0, 0.1) is 30.0 Å². The minimum atomic E-state index is -4.29. The molecule has 1 aromatic rings. The predicted octanol–water partition coefficient (Wildman–Crippen LogP) is 6.85. The maximum absolute atomic E-state index is 14.6. The van der Waals surface area contributed by atoms with Crippen molar-refractivity contribution in [1.29, 1.82) is 0 Å². The van der Waals surface area contributed by atoms with E-state index in [0.717, 1.165) is 42.9 Å². The van der Waals surface area contributed by atoms with Crippen LogP contribution in [0.25, 0.3) is 5.57 Å². The molecule has 3 rings (SSSR count). The van der Waals surface area contributed by atoms with Crippen molar-refractivity contribution in [2.45, 2.75) is 53.1 Å². The molecule has 0 radical (unpaired) electrons. The second-order valence-electron chi connectivity index (χ2n) is 7.54. The Morgan fingerprint density at radius 3 is 2.44 bits per heavy atom. The second-order valence-corrected chi connectivity index (χ2v) is 7.54. The Balaban J connectivity index is 2.07. The van der Waals surface area contributed by atoms with Crippen LogP contribution in [-0.4, -0.2) is 6.18 Å². The van der Waals surface area contributed by atoms with Gasteiger partial charge in [-0.2, -0.15) is 13.2 Å². The normalized spacial score (nSPS) is 29.7. The maximum Gasteiger partial charge on any atom is 0.412 e. The first-order valence-electron chi connectivity index (χ1n) is 8.85. The van der Waals surface area contributed by atoms with Crippen LogP contribution >= 0.6 is 0 Å². The van der Waals surface area contributed by atoms with Gasteiger partial charge in [0.15, 0.2) is 0 Å². The van der Waals surface area contributed by atoms with Crippen LogP contribution in [0.1, 0.15) is 51.2 Å². The Kier molecular flexibility index (Phi) is 4.37. The molecule has 0 nitrogen and oxygen atoms in total. The monoisotopic (exact) mass is 352 g/mol. The van der Waals surface area contributed by atoms with Crippen LogP contribution in [0.4, 0.5) is 17.6 Å². The molecule has 1 aromatic carbocycles. The van der Waals surface area contributed by atoms with Crippen molar-refractivity contribution in [3.8, 4) is 0 Å². The molecule has 0 saturated heterocycles. The number of hydrogen-bond acceptors (Lipinski definition) is 0. The Bertz CT molecular complexity index is 733. The SMILES string of the molecule is CCC(C)=C(c1c(C)cccc1F)C1C2CCC21C=C(C)C(F)(F)F. The lowest BCUT2D eigenvalue weighted by Crippen LogP contribution is -2.17. The highest BCUT2D eigenvalue weighted by atomic mass is 19.4. The summed E-state index contributed by atoms with van der Waals surface area (Å²) in [6, 6.07) is 4.99. The summed E-state index contributed by atoms with van der Waals surface area (Å²) < 4.78 is 53.7. The lowest BCUT2D eigenvalue weighted by Gasteiger charge is -2.24. The van der Waals surface area contributed by atoms with Crippen LogP contribution < -0.4 is 0 Å². The molecular formula is C21H24F4. The van der Waals surface area contributed by atoms with Gasteiger partial charge in [-0.25, -0.2) is 4.39 Å². The molecule has 25 heavy (non-hydrogen) atoms. The topological polar surface area (TPSA) is 0 Å². The first-order valence-corrected chi connectivity index (χ1v) is 8.85. The maximum atomic E-state index is 14.6. The minimum Gasteiger partial charge on any atom is -0.206 e. The molecule has 3 unspecified atom stereocenters. The highest BCUT2D eigenvalue weighted by Crippen LogP contribution is 2.77. The highest BCUT2D eigenvalue weighted by molar-refractivity contribution is 5.77. The van der Waals surface area contributed by atoms with E-state index >= 15 is 0 Å². The van der Waals surface area contributed by atoms with Gasteiger partial charge in [0.05, 0.1) is 0 Å². The first-order chi connectivity index (χ1) is 11.6. The smallest absolute Gasteiger partial charge is 0.206 e. The van der Waals surface area contributed by atoms with Crippen LogP contribution in [0.15, 0.2) is 35.4 Å². The molecule has 0 heterocycles. The van der Waals surface area contributed by atoms with Gasteiger partial charge in [0.1, 0.15) is 5.82 Å². The van der Waals surface area contributed by atoms with E-state index in [4.69, 9.17) is 0 Å². The van der Waals surface area contributed by atoms with Gasteiger partial charge in [-0.15, -0.1) is 0 Å². The van der Waals surface area contributed by atoms with Gasteiger partial charge in [0.2, 0.25) is 0 Å². The van der Waals surface area contributed by atoms with Gasteiger partial charge in [0.25, 0.3) is 0 Å². The van der Waals surface area contributed by atoms with Crippen molar-refractivity contribution in [3.63, 3.8) is 0 Å². The van der Waals surface area contributed by atoms with E-state index in [1.165, 1.54) is 12.1 Å². The Labute approximate surface area is 146 Å². The van der Waals surface area contributed by atoms with Crippen LogP contribution in [-0.2, 0) is 0 Å². The Morgan fingerprint density at radius 1 is 1.28 bits per heavy atom. The third-order valence-corrected chi connectivity index (χ3v) is 6.18. The molecule has 2 aliphatic carbocycles. The van der Waals surface area contributed by atoms with Crippen molar-refractivity contribution in [1.82, 2.24) is 0 Å². The molecule has 2 fully saturated rings. The second kappa shape index (κ2) is 6.00. The largest absolute Gasteiger partial charge is 0.412 e. The zero-order chi connectivity index (χ0) is 18.6. The molecule has 0 N–H and O–H groups in total. The van der Waals surface area contributed by atoms with Crippen molar-refractivity contribution in [3.05, 3.63) is 52.4 Å². The van der Waals surface area contributed by atoms with Gasteiger partial charge in [-0.1, -0.05) is 30.7 Å². The van der Waals surface area contributed by atoms with E-state index < -0.39 is 17.2 Å². The van der Waals surface area contributed by atoms with Crippen LogP contribution in [0.3, 0.4) is 0 Å². The third kappa shape index (κ3) is 2.84. The van der Waals surface area contributed by atoms with Gasteiger partial charge < -0.3 is 0 Å². The minimum absolute atomic E-state index is 0.000324. The van der Waals surface area contributed by atoms with Gasteiger partial charge >= 0.3 is 6.18 Å². The van der Waals surface area contributed by atoms with Gasteiger partial charge in [-0.3, -0.25) is 0 Å². The average Bonchev–Trinajstić information content (AvgIpc) is 2.96. The molecule has 2 aliphatic rings. The number of alkyl halides is 3. The third-order valence-electron chi connectivity index (χ3n) is 6.18. The molecule has 0 aliphatic heterocycles. The molecule has 0 spiro atoms. The standard InChI is InChI=1S/C21H24F4/c1-5-12(2)18(17-13(3)7-6-8-16(17)22)19-15-9-10-20(15,19)11-14(4)21(23,24)25/h6-8,11,15,19H,5,9-10H2,1-4H3. The number of rotatable bonds is 4. The number of benzene rings is 1. The van der Waals surface area contributed by atoms with Gasteiger partial charge in [-0.05, 0) is 74.5 Å². The Morgan fingerprint density at radius 2 is 1.96 bits per heavy atom. The summed E-state index contributed by atoms with van der Waals surface area (Å²) in [7, 11) is 0. The zero-order valence-electron chi connectivity index (χ0n) is 15.1. The fourth-order valence-electron chi connectivity index (χ4n) is 4.53. The number of hydrogen-bond donors (Lipinski definition) is 0. The number of fused-ring (bicyclic) bond motifs is 1. The summed E-state index contributed by atoms with van der Waals surface area (Å²) in [5.74, 6) is -0.0681. The lowest BCUT2D eigenvalue weighted by atomic mass is 9.81. The average molecular weight is 352 g/mol. The lowest BCUT2D eigenvalue weighted by molar-refractivity contribution is -0.0921. The zero-order valence-corrected chi connectivity index (χ0v) is 15.1. The van der Waals surface area contributed by atoms with Crippen LogP contribution in [0.5, 0.6) is 0 Å². The van der Waals surface area contributed by atoms with Crippen molar-refractivity contribution >= 4 is 5.57 Å². The quantitative estimate of drug-likeness (QED) is 0.410. The molecule has 0 aromatic heterocycles. The van der Waals surface area contributed by atoms with Crippen molar-refractivity contribution in [2.75, 3.05) is 0 Å². The molecule has 4 heteroatoms. The molecule has 2 saturated carbocycles. The summed E-state index contributed by atoms with van der Waals surface area (Å²) in [6.45, 7) is 7.01. The van der Waals surface area contributed by atoms with E-state index in [1.807, 2.05) is 26.8 Å². The van der Waals surface area contributed by atoms with E-state index in [-0.39, 0.29) is 17.7 Å². The summed E-state index contributed by atoms with van der Waals surface area (Å²) in [5, 5.41) is 0. The number of aryl methyl sites for hydroxylation is 1. The summed E-state index contributed by atoms with van der Waals surface area (Å²) in [5.41, 5.74) is 2.50. The number of allylic oxidation sites excluding steroid dienone is 4. The highest BCUT2D eigenvalue weighted by Gasteiger charge is 2.70. The van der Waals surface area contributed by atoms with Crippen LogP contribution in [0.2, 0.25) is 0 Å². The fourth-order valence-corrected chi connectivity index (χ4v) is 4.53.